The summed E-state index contributed by atoms with van der Waals surface area (Å²) in [7, 11) is 4.85. The number of esters is 1. The molecule has 3 aromatic rings. The number of nitrogens with zero attached hydrogens (tertiary/aromatic N) is 3. The van der Waals surface area contributed by atoms with Gasteiger partial charge in [0.2, 0.25) is 26.2 Å². The molecule has 85 heavy (non-hydrogen) atoms. The summed E-state index contributed by atoms with van der Waals surface area (Å²) in [5.74, 6) is 5.57. The first kappa shape index (κ1) is 58.7. The van der Waals surface area contributed by atoms with E-state index < -0.39 is 29.4 Å². The number of hydrogen-bond donors (Lipinski definition) is 3. The molecule has 0 bridgehead atoms. The summed E-state index contributed by atoms with van der Waals surface area (Å²) >= 11 is 0. The normalized spacial score (nSPS) is 29.9. The lowest BCUT2D eigenvalue weighted by Crippen LogP contribution is -2.49. The predicted molar refractivity (Wildman–Crippen MR) is 304 cm³/mol. The maximum Gasteiger partial charge on any atom is 0.373 e. The Bertz CT molecular complexity index is 3240. The third-order valence-corrected chi connectivity index (χ3v) is 20.3. The van der Waals surface area contributed by atoms with Crippen molar-refractivity contribution in [2.75, 3.05) is 81.0 Å². The molecule has 3 aromatic carbocycles. The van der Waals surface area contributed by atoms with Gasteiger partial charge in [-0.2, -0.15) is 9.59 Å². The first-order chi connectivity index (χ1) is 41.0. The number of methoxy groups -OCH3 is 3. The van der Waals surface area contributed by atoms with Gasteiger partial charge in [0, 0.05) is 25.6 Å². The van der Waals surface area contributed by atoms with Crippen LogP contribution in [0.4, 0.5) is 0 Å². The lowest BCUT2D eigenvalue weighted by molar-refractivity contribution is -0.191. The number of aliphatic hydroxyl groups excluding tert-OH is 1. The molecule has 9 atom stereocenters. The molecule has 3 aliphatic carbocycles. The van der Waals surface area contributed by atoms with Crippen LogP contribution in [0, 0.1) is 0 Å². The van der Waals surface area contributed by atoms with Crippen molar-refractivity contribution in [3.8, 4) is 34.5 Å². The van der Waals surface area contributed by atoms with E-state index in [0.29, 0.717) is 35.9 Å². The molecule has 0 amide bonds. The minimum atomic E-state index is -1.63. The van der Waals surface area contributed by atoms with Gasteiger partial charge in [0.25, 0.3) is 0 Å². The number of Topliss-reactive ketones (excluding diaryl/α,β-unsaturated/α-hetero) is 1. The van der Waals surface area contributed by atoms with Crippen LogP contribution in [0.5, 0.6) is 34.5 Å². The van der Waals surface area contributed by atoms with E-state index >= 15 is 0 Å². The number of allylic oxidation sites excluding steroid dienone is 1. The Kier molecular flexibility index (Phi) is 15.8. The standard InChI is InChI=1S/C28H39NO7.C18H21NO4.C18H19NO4.CO2/c1-5-28(32,11-6-9-26(2,3)31)25(30)36-24-22(33-4)16-27-10-7-12-29(27)13-8-18-14-20-21(35-17-34-20)15-19(18)23(24)27;2*1-21-15-9-18-4-2-5-19(18)6-3-11-7-13-14(23-10-22-13)8-12(11)16(18)17(15)20;2-1-3/h14-16,23-24,31-32H,5-13,17H2,1-4H3;7-9,16-17,20H,2-6,10H2,1H3;7-9,16H,2-6,10H2,1H3;/t23-,24-,27+,28+;16-,17-,18+;16-,18+;/m111./s1. The Morgan fingerprint density at radius 1 is 0.612 bits per heavy atom. The van der Waals surface area contributed by atoms with Crippen molar-refractivity contribution in [2.24, 2.45) is 0 Å². The molecule has 456 valence electrons. The molecule has 20 nitrogen and oxygen atoms in total. The summed E-state index contributed by atoms with van der Waals surface area (Å²) in [5, 5.41) is 32.3. The second kappa shape index (κ2) is 22.9. The lowest BCUT2D eigenvalue weighted by Gasteiger charge is -2.39. The quantitative estimate of drug-likeness (QED) is 0.181. The number of hydrogen-bond acceptors (Lipinski definition) is 20. The minimum absolute atomic E-state index is 0.00644. The molecule has 3 fully saturated rings. The maximum absolute atomic E-state index is 13.5. The summed E-state index contributed by atoms with van der Waals surface area (Å²) in [5.41, 5.74) is 3.85. The van der Waals surface area contributed by atoms with Gasteiger partial charge in [-0.05, 0) is 205 Å². The van der Waals surface area contributed by atoms with E-state index in [-0.39, 0.29) is 79.5 Å². The van der Waals surface area contributed by atoms with Crippen molar-refractivity contribution < 1.29 is 81.9 Å². The number of rotatable bonds is 10. The van der Waals surface area contributed by atoms with Crippen LogP contribution in [0.2, 0.25) is 0 Å². The van der Waals surface area contributed by atoms with Crippen molar-refractivity contribution in [3.05, 3.63) is 105 Å². The Labute approximate surface area is 495 Å². The molecule has 3 N–H and O–H groups in total. The molecule has 0 radical (unpaired) electrons. The van der Waals surface area contributed by atoms with Crippen LogP contribution in [-0.4, -0.2) is 169 Å². The Balaban J connectivity index is 0.000000126. The zero-order valence-electron chi connectivity index (χ0n) is 49.5. The monoisotopic (exact) mass is 1170 g/mol. The smallest absolute Gasteiger partial charge is 0.373 e. The average Bonchev–Trinajstić information content (AvgIpc) is 1.63. The predicted octanol–water partition coefficient (Wildman–Crippen LogP) is 6.64. The summed E-state index contributed by atoms with van der Waals surface area (Å²) in [6.45, 7) is 11.9. The van der Waals surface area contributed by atoms with Gasteiger partial charge in [-0.1, -0.05) is 6.92 Å². The third kappa shape index (κ3) is 10.0. The van der Waals surface area contributed by atoms with Crippen molar-refractivity contribution >= 4 is 17.9 Å². The van der Waals surface area contributed by atoms with Crippen molar-refractivity contribution in [2.45, 2.75) is 162 Å². The molecule has 0 unspecified atom stereocenters. The molecule has 9 heterocycles. The van der Waals surface area contributed by atoms with Crippen LogP contribution in [0.15, 0.2) is 71.9 Å². The van der Waals surface area contributed by atoms with Crippen LogP contribution < -0.4 is 28.4 Å². The Hall–Kier alpha value is -6.64. The zero-order chi connectivity index (χ0) is 59.6. The summed E-state index contributed by atoms with van der Waals surface area (Å²) in [6, 6.07) is 12.4. The molecule has 3 spiro atoms. The number of aliphatic hydroxyl groups is 3. The number of carbonyl (C=O) groups excluding carboxylic acids is 4. The van der Waals surface area contributed by atoms with E-state index in [9.17, 15) is 24.9 Å². The SMILES string of the molecule is CC[C@](O)(CCCC(C)(C)O)C(=O)O[C@@H]1C(OC)=C[C@]23CCCN2CCc2cc4c(cc2[C@H]13)OCO4.COC1=C[C@]23CCCN2CCc2cc4c(cc2[C@@H]3C1=O)OCO4.COC1=C[C@]23CCCN2CCc2cc4c(cc2[C@@H]3[C@@H]1O)OCO4.O=C=O. The molecule has 20 heteroatoms. The van der Waals surface area contributed by atoms with E-state index in [0.717, 1.165) is 137 Å². The number of ketones is 1. The average molecular weight is 1170 g/mol. The minimum Gasteiger partial charge on any atom is -0.499 e. The fourth-order valence-corrected chi connectivity index (χ4v) is 16.3. The summed E-state index contributed by atoms with van der Waals surface area (Å²) in [4.78, 5) is 50.3. The summed E-state index contributed by atoms with van der Waals surface area (Å²) in [6.07, 6.45) is 16.0. The van der Waals surface area contributed by atoms with Gasteiger partial charge in [0.15, 0.2) is 52.0 Å². The van der Waals surface area contributed by atoms with Gasteiger partial charge in [0.05, 0.1) is 55.4 Å². The number of carbonyl (C=O) groups is 2. The van der Waals surface area contributed by atoms with Gasteiger partial charge >= 0.3 is 12.1 Å². The van der Waals surface area contributed by atoms with Gasteiger partial charge in [-0.3, -0.25) is 19.5 Å². The third-order valence-electron chi connectivity index (χ3n) is 20.3. The Morgan fingerprint density at radius 3 is 1.53 bits per heavy atom. The Morgan fingerprint density at radius 2 is 1.05 bits per heavy atom. The van der Waals surface area contributed by atoms with Crippen LogP contribution in [0.3, 0.4) is 0 Å². The summed E-state index contributed by atoms with van der Waals surface area (Å²) < 4.78 is 56.5. The van der Waals surface area contributed by atoms with Crippen LogP contribution in [0.1, 0.15) is 136 Å². The van der Waals surface area contributed by atoms with Crippen LogP contribution in [0.25, 0.3) is 0 Å². The van der Waals surface area contributed by atoms with Crippen molar-refractivity contribution in [1.82, 2.24) is 14.7 Å². The molecule has 0 aromatic heterocycles. The highest BCUT2D eigenvalue weighted by atomic mass is 16.7. The fraction of sp³-hybridized carbons (Fsp3) is 0.585. The highest BCUT2D eigenvalue weighted by molar-refractivity contribution is 6.04. The molecule has 12 aliphatic rings. The van der Waals surface area contributed by atoms with E-state index in [1.807, 2.05) is 6.07 Å². The number of ether oxygens (including phenoxy) is 10. The van der Waals surface area contributed by atoms with Gasteiger partial charge in [-0.15, -0.1) is 0 Å². The van der Waals surface area contributed by atoms with Gasteiger partial charge in [0.1, 0.15) is 17.6 Å². The topological polar surface area (TPSA) is 231 Å². The van der Waals surface area contributed by atoms with Crippen LogP contribution in [-0.2, 0) is 57.4 Å². The second-order valence-electron chi connectivity index (χ2n) is 25.1. The fourth-order valence-electron chi connectivity index (χ4n) is 16.3. The zero-order valence-corrected chi connectivity index (χ0v) is 49.5. The van der Waals surface area contributed by atoms with E-state index in [1.165, 1.54) is 22.3 Å². The van der Waals surface area contributed by atoms with E-state index in [1.54, 1.807) is 42.1 Å². The highest BCUT2D eigenvalue weighted by Crippen LogP contribution is 2.58. The van der Waals surface area contributed by atoms with Crippen molar-refractivity contribution in [3.63, 3.8) is 0 Å². The highest BCUT2D eigenvalue weighted by Gasteiger charge is 2.60. The first-order valence-electron chi connectivity index (χ1n) is 30.2. The van der Waals surface area contributed by atoms with E-state index in [2.05, 4.69) is 63.3 Å². The van der Waals surface area contributed by atoms with E-state index in [4.69, 9.17) is 57.0 Å². The molecule has 15 rings (SSSR count). The van der Waals surface area contributed by atoms with Crippen LogP contribution >= 0.6 is 0 Å². The largest absolute Gasteiger partial charge is 0.499 e. The van der Waals surface area contributed by atoms with Gasteiger partial charge in [-0.25, -0.2) is 4.79 Å². The molecular weight excluding hydrogens is 1090 g/mol. The number of benzene rings is 3. The maximum atomic E-state index is 13.5. The molecule has 0 saturated carbocycles. The lowest BCUT2D eigenvalue weighted by atomic mass is 9.77. The molecular formula is C65H79N3O17. The molecule has 3 saturated heterocycles. The molecule has 9 aliphatic heterocycles. The second-order valence-corrected chi connectivity index (χ2v) is 25.1. The first-order valence-corrected chi connectivity index (χ1v) is 30.2. The number of fused-ring (bicyclic) bond motifs is 9. The van der Waals surface area contributed by atoms with Gasteiger partial charge < -0.3 is 62.7 Å². The van der Waals surface area contributed by atoms with Crippen molar-refractivity contribution in [1.29, 1.82) is 0 Å².